The molecule has 7 heteroatoms. The van der Waals surface area contributed by atoms with Crippen molar-refractivity contribution in [1.82, 2.24) is 15.0 Å². The van der Waals surface area contributed by atoms with Crippen LogP contribution in [0.1, 0.15) is 42.3 Å². The molecule has 0 spiro atoms. The summed E-state index contributed by atoms with van der Waals surface area (Å²) in [6, 6.07) is 14.0. The number of aryl methyl sites for hydroxylation is 2. The molecule has 2 aromatic carbocycles. The Hall–Kier alpha value is -3.35. The zero-order valence-corrected chi connectivity index (χ0v) is 17.5. The van der Waals surface area contributed by atoms with E-state index in [9.17, 15) is 4.79 Å². The van der Waals surface area contributed by atoms with Crippen LogP contribution in [0.2, 0.25) is 0 Å². The van der Waals surface area contributed by atoms with E-state index in [1.807, 2.05) is 54.3 Å². The Morgan fingerprint density at radius 1 is 1.10 bits per heavy atom. The summed E-state index contributed by atoms with van der Waals surface area (Å²) in [7, 11) is 0. The van der Waals surface area contributed by atoms with Crippen LogP contribution in [0.5, 0.6) is 11.5 Å². The molecule has 1 unspecified atom stereocenters. The molecular formula is C24H25N3O4. The highest BCUT2D eigenvalue weighted by Gasteiger charge is 2.31. The van der Waals surface area contributed by atoms with E-state index < -0.39 is 0 Å². The highest BCUT2D eigenvalue weighted by Crippen LogP contribution is 2.38. The van der Waals surface area contributed by atoms with Gasteiger partial charge < -0.3 is 18.9 Å². The second-order valence-corrected chi connectivity index (χ2v) is 8.03. The number of fused-ring (bicyclic) bond motifs is 1. The largest absolute Gasteiger partial charge is 0.486 e. The van der Waals surface area contributed by atoms with Crippen LogP contribution in [0.15, 0.2) is 47.0 Å². The molecule has 0 aliphatic carbocycles. The Morgan fingerprint density at radius 2 is 1.90 bits per heavy atom. The van der Waals surface area contributed by atoms with Gasteiger partial charge in [-0.3, -0.25) is 4.79 Å². The van der Waals surface area contributed by atoms with Crippen LogP contribution >= 0.6 is 0 Å². The van der Waals surface area contributed by atoms with E-state index in [4.69, 9.17) is 14.0 Å². The van der Waals surface area contributed by atoms with Gasteiger partial charge in [-0.1, -0.05) is 41.1 Å². The van der Waals surface area contributed by atoms with E-state index in [1.165, 1.54) is 5.56 Å². The first-order valence-electron chi connectivity index (χ1n) is 10.8. The normalized spacial score (nSPS) is 17.7. The molecule has 3 aromatic rings. The lowest BCUT2D eigenvalue weighted by Gasteiger charge is -2.26. The number of amides is 1. The van der Waals surface area contributed by atoms with Crippen LogP contribution in [-0.4, -0.2) is 40.7 Å². The van der Waals surface area contributed by atoms with Gasteiger partial charge in [-0.15, -0.1) is 0 Å². The van der Waals surface area contributed by atoms with Gasteiger partial charge in [0.15, 0.2) is 11.5 Å². The molecule has 1 fully saturated rings. The van der Waals surface area contributed by atoms with Crippen LogP contribution in [0.3, 0.4) is 0 Å². The number of rotatable bonds is 5. The third kappa shape index (κ3) is 4.13. The summed E-state index contributed by atoms with van der Waals surface area (Å²) in [6.45, 7) is 3.92. The van der Waals surface area contributed by atoms with Crippen molar-refractivity contribution in [2.24, 2.45) is 0 Å². The second-order valence-electron chi connectivity index (χ2n) is 8.03. The summed E-state index contributed by atoms with van der Waals surface area (Å²) < 4.78 is 16.7. The van der Waals surface area contributed by atoms with Crippen LogP contribution < -0.4 is 9.47 Å². The van der Waals surface area contributed by atoms with E-state index in [-0.39, 0.29) is 11.9 Å². The van der Waals surface area contributed by atoms with Crippen LogP contribution in [0, 0.1) is 6.92 Å². The van der Waals surface area contributed by atoms with Crippen LogP contribution in [0.25, 0.3) is 11.4 Å². The molecule has 1 atom stereocenters. The fourth-order valence-corrected chi connectivity index (χ4v) is 4.21. The Labute approximate surface area is 181 Å². The molecule has 0 radical (unpaired) electrons. The first kappa shape index (κ1) is 19.6. The van der Waals surface area contributed by atoms with Crippen molar-refractivity contribution in [2.45, 2.75) is 38.6 Å². The molecule has 31 heavy (non-hydrogen) atoms. The number of benzene rings is 2. The predicted molar refractivity (Wildman–Crippen MR) is 114 cm³/mol. The molecule has 160 valence electrons. The minimum atomic E-state index is 0.0640. The zero-order valence-electron chi connectivity index (χ0n) is 17.5. The molecule has 0 N–H and O–H groups in total. The lowest BCUT2D eigenvalue weighted by molar-refractivity contribution is -0.132. The molecule has 3 heterocycles. The fraction of sp³-hybridized carbons (Fsp3) is 0.375. The fourth-order valence-electron chi connectivity index (χ4n) is 4.21. The molecule has 2 aliphatic rings. The molecule has 5 rings (SSSR count). The topological polar surface area (TPSA) is 77.7 Å². The first-order chi connectivity index (χ1) is 15.2. The van der Waals surface area contributed by atoms with E-state index in [0.29, 0.717) is 37.8 Å². The lowest BCUT2D eigenvalue weighted by atomic mass is 10.0. The van der Waals surface area contributed by atoms with Crippen molar-refractivity contribution in [3.05, 3.63) is 59.5 Å². The summed E-state index contributed by atoms with van der Waals surface area (Å²) >= 11 is 0. The summed E-state index contributed by atoms with van der Waals surface area (Å²) in [6.07, 6.45) is 2.71. The lowest BCUT2D eigenvalue weighted by Crippen LogP contribution is -2.30. The number of ether oxygens (including phenoxy) is 2. The van der Waals surface area contributed by atoms with E-state index >= 15 is 0 Å². The van der Waals surface area contributed by atoms with Gasteiger partial charge in [0.05, 0.1) is 6.04 Å². The molecule has 7 nitrogen and oxygen atoms in total. The van der Waals surface area contributed by atoms with Gasteiger partial charge in [-0.2, -0.15) is 4.98 Å². The van der Waals surface area contributed by atoms with Crippen molar-refractivity contribution in [1.29, 1.82) is 0 Å². The molecule has 1 saturated heterocycles. The number of hydrogen-bond donors (Lipinski definition) is 0. The summed E-state index contributed by atoms with van der Waals surface area (Å²) in [5, 5.41) is 4.06. The average Bonchev–Trinajstić information content (AvgIpc) is 3.48. The maximum Gasteiger partial charge on any atom is 0.227 e. The number of hydrogen-bond acceptors (Lipinski definition) is 6. The van der Waals surface area contributed by atoms with E-state index in [0.717, 1.165) is 42.0 Å². The average molecular weight is 419 g/mol. The van der Waals surface area contributed by atoms with Crippen molar-refractivity contribution in [3.8, 4) is 22.9 Å². The Balaban J connectivity index is 1.23. The minimum absolute atomic E-state index is 0.0640. The maximum absolute atomic E-state index is 13.0. The molecular weight excluding hydrogens is 394 g/mol. The summed E-state index contributed by atoms with van der Waals surface area (Å²) in [5.74, 6) is 2.67. The van der Waals surface area contributed by atoms with E-state index in [2.05, 4.69) is 10.1 Å². The zero-order chi connectivity index (χ0) is 21.2. The Morgan fingerprint density at radius 3 is 2.74 bits per heavy atom. The molecule has 1 amide bonds. The number of nitrogens with zero attached hydrogens (tertiary/aromatic N) is 3. The number of likely N-dealkylation sites (tertiary alicyclic amines) is 1. The molecule has 1 aromatic heterocycles. The molecule has 0 bridgehead atoms. The SMILES string of the molecule is Cc1ccc(-c2noc(CCC(=O)N3CCCC3c3ccc4c(c3)OCCO4)n2)cc1. The Kier molecular flexibility index (Phi) is 5.32. The van der Waals surface area contributed by atoms with Crippen LogP contribution in [0.4, 0.5) is 0 Å². The first-order valence-corrected chi connectivity index (χ1v) is 10.8. The number of carbonyl (C=O) groups is 1. The van der Waals surface area contributed by atoms with Crippen molar-refractivity contribution >= 4 is 5.91 Å². The highest BCUT2D eigenvalue weighted by atomic mass is 16.6. The third-order valence-electron chi connectivity index (χ3n) is 5.85. The monoisotopic (exact) mass is 419 g/mol. The second kappa shape index (κ2) is 8.41. The Bertz CT molecular complexity index is 1080. The van der Waals surface area contributed by atoms with Crippen LogP contribution in [-0.2, 0) is 11.2 Å². The van der Waals surface area contributed by atoms with Crippen molar-refractivity contribution in [3.63, 3.8) is 0 Å². The number of carbonyl (C=O) groups excluding carboxylic acids is 1. The number of aromatic nitrogens is 2. The van der Waals surface area contributed by atoms with Gasteiger partial charge in [0.25, 0.3) is 0 Å². The molecule has 2 aliphatic heterocycles. The van der Waals surface area contributed by atoms with Gasteiger partial charge in [-0.05, 0) is 37.5 Å². The predicted octanol–water partition coefficient (Wildman–Crippen LogP) is 4.11. The smallest absolute Gasteiger partial charge is 0.227 e. The maximum atomic E-state index is 13.0. The third-order valence-corrected chi connectivity index (χ3v) is 5.85. The van der Waals surface area contributed by atoms with Crippen molar-refractivity contribution in [2.75, 3.05) is 19.8 Å². The highest BCUT2D eigenvalue weighted by molar-refractivity contribution is 5.77. The van der Waals surface area contributed by atoms with Crippen molar-refractivity contribution < 1.29 is 18.8 Å². The summed E-state index contributed by atoms with van der Waals surface area (Å²) in [4.78, 5) is 19.4. The standard InChI is InChI=1S/C24H25N3O4/c1-16-4-6-17(7-5-16)24-25-22(31-26-24)10-11-23(28)27-12-2-3-19(27)18-8-9-20-21(15-18)30-14-13-29-20/h4-9,15,19H,2-3,10-14H2,1H3. The quantitative estimate of drug-likeness (QED) is 0.619. The van der Waals surface area contributed by atoms with Gasteiger partial charge >= 0.3 is 0 Å². The summed E-state index contributed by atoms with van der Waals surface area (Å²) in [5.41, 5.74) is 3.18. The van der Waals surface area contributed by atoms with E-state index in [1.54, 1.807) is 0 Å². The van der Waals surface area contributed by atoms with Gasteiger partial charge in [0.1, 0.15) is 13.2 Å². The molecule has 0 saturated carbocycles. The van der Waals surface area contributed by atoms with Gasteiger partial charge in [0, 0.05) is 24.9 Å². The minimum Gasteiger partial charge on any atom is -0.486 e. The van der Waals surface area contributed by atoms with Gasteiger partial charge in [0.2, 0.25) is 17.6 Å². The van der Waals surface area contributed by atoms with Gasteiger partial charge in [-0.25, -0.2) is 0 Å².